The first kappa shape index (κ1) is 13.6. The first-order chi connectivity index (χ1) is 8.52. The summed E-state index contributed by atoms with van der Waals surface area (Å²) in [5.74, 6) is -0.990. The van der Waals surface area contributed by atoms with E-state index >= 15 is 0 Å². The van der Waals surface area contributed by atoms with Crippen LogP contribution in [-0.2, 0) is 9.53 Å². The molecule has 94 valence electrons. The van der Waals surface area contributed by atoms with Gasteiger partial charge in [-0.3, -0.25) is 0 Å². The lowest BCUT2D eigenvalue weighted by atomic mass is 10.2. The van der Waals surface area contributed by atoms with E-state index in [9.17, 15) is 9.90 Å². The average Bonchev–Trinajstić information content (AvgIpc) is 2.37. The number of phenolic OH excluding ortho intramolecular Hbond substituents is 2. The van der Waals surface area contributed by atoms with Gasteiger partial charge in [0.15, 0.2) is 11.5 Å². The third kappa shape index (κ3) is 4.17. The fraction of sp³-hybridized carbons (Fsp3) is 0.0714. The van der Waals surface area contributed by atoms with Crippen LogP contribution in [0.5, 0.6) is 11.5 Å². The van der Waals surface area contributed by atoms with Gasteiger partial charge in [-0.15, -0.1) is 0 Å². The number of phenols is 2. The van der Waals surface area contributed by atoms with Gasteiger partial charge in [-0.1, -0.05) is 18.7 Å². The summed E-state index contributed by atoms with van der Waals surface area (Å²) >= 11 is 0. The Bertz CT molecular complexity index is 513. The molecule has 0 saturated carbocycles. The second-order valence-electron chi connectivity index (χ2n) is 3.58. The Morgan fingerprint density at radius 3 is 2.67 bits per heavy atom. The summed E-state index contributed by atoms with van der Waals surface area (Å²) in [6.45, 7) is 5.27. The van der Waals surface area contributed by atoms with Crippen LogP contribution in [0.3, 0.4) is 0 Å². The molecule has 0 radical (unpaired) electrons. The molecule has 18 heavy (non-hydrogen) atoms. The lowest BCUT2D eigenvalue weighted by Gasteiger charge is -1.98. The predicted octanol–water partition coefficient (Wildman–Crippen LogP) is 2.74. The summed E-state index contributed by atoms with van der Waals surface area (Å²) in [6.07, 6.45) is 5.56. The zero-order valence-corrected chi connectivity index (χ0v) is 9.96. The van der Waals surface area contributed by atoms with Crippen molar-refractivity contribution in [1.29, 1.82) is 0 Å². The third-order valence-electron chi connectivity index (χ3n) is 2.09. The Morgan fingerprint density at radius 2 is 2.06 bits per heavy atom. The predicted molar refractivity (Wildman–Crippen MR) is 68.9 cm³/mol. The molecule has 1 aromatic carbocycles. The van der Waals surface area contributed by atoms with Gasteiger partial charge < -0.3 is 14.9 Å². The Kier molecular flexibility index (Phi) is 4.75. The van der Waals surface area contributed by atoms with Crippen molar-refractivity contribution in [2.45, 2.75) is 6.92 Å². The van der Waals surface area contributed by atoms with Gasteiger partial charge in [0.1, 0.15) is 0 Å². The van der Waals surface area contributed by atoms with Crippen LogP contribution < -0.4 is 0 Å². The van der Waals surface area contributed by atoms with Crippen LogP contribution >= 0.6 is 0 Å². The largest absolute Gasteiger partial charge is 0.504 e. The standard InChI is InChI=1S/C14H14O4/c1-3-10(2)9-18-14(17)7-5-11-4-6-12(15)13(16)8-11/h3-9,15-16H,1H2,2H3/b7-5+,10-9?. The summed E-state index contributed by atoms with van der Waals surface area (Å²) < 4.78 is 4.80. The molecule has 4 nitrogen and oxygen atoms in total. The first-order valence-electron chi connectivity index (χ1n) is 5.23. The number of allylic oxidation sites excluding steroid dienone is 2. The minimum atomic E-state index is -0.538. The molecule has 0 aliphatic carbocycles. The fourth-order valence-electron chi connectivity index (χ4n) is 1.05. The minimum Gasteiger partial charge on any atom is -0.504 e. The van der Waals surface area contributed by atoms with Crippen LogP contribution in [0.25, 0.3) is 6.08 Å². The second-order valence-corrected chi connectivity index (χ2v) is 3.58. The number of benzene rings is 1. The molecular formula is C14H14O4. The maximum Gasteiger partial charge on any atom is 0.335 e. The van der Waals surface area contributed by atoms with Crippen LogP contribution in [-0.4, -0.2) is 16.2 Å². The van der Waals surface area contributed by atoms with Gasteiger partial charge in [0.05, 0.1) is 6.26 Å². The molecule has 0 bridgehead atoms. The van der Waals surface area contributed by atoms with Crippen molar-refractivity contribution in [3.63, 3.8) is 0 Å². The highest BCUT2D eigenvalue weighted by Gasteiger charge is 1.99. The number of hydrogen-bond donors (Lipinski definition) is 2. The average molecular weight is 246 g/mol. The molecular weight excluding hydrogens is 232 g/mol. The van der Waals surface area contributed by atoms with Gasteiger partial charge in [0.25, 0.3) is 0 Å². The summed E-state index contributed by atoms with van der Waals surface area (Å²) in [4.78, 5) is 11.3. The molecule has 1 rings (SSSR count). The molecule has 0 aromatic heterocycles. The monoisotopic (exact) mass is 246 g/mol. The van der Waals surface area contributed by atoms with Crippen LogP contribution in [0.2, 0.25) is 0 Å². The molecule has 0 fully saturated rings. The highest BCUT2D eigenvalue weighted by Crippen LogP contribution is 2.25. The molecule has 0 unspecified atom stereocenters. The Labute approximate surface area is 105 Å². The maximum absolute atomic E-state index is 11.3. The summed E-state index contributed by atoms with van der Waals surface area (Å²) in [5.41, 5.74) is 1.31. The van der Waals surface area contributed by atoms with Crippen molar-refractivity contribution in [3.05, 3.63) is 54.3 Å². The number of carbonyl (C=O) groups is 1. The van der Waals surface area contributed by atoms with E-state index in [0.29, 0.717) is 5.56 Å². The second kappa shape index (κ2) is 6.30. The van der Waals surface area contributed by atoms with E-state index in [-0.39, 0.29) is 11.5 Å². The van der Waals surface area contributed by atoms with Gasteiger partial charge in [-0.25, -0.2) is 4.79 Å². The van der Waals surface area contributed by atoms with E-state index in [2.05, 4.69) is 6.58 Å². The van der Waals surface area contributed by atoms with Gasteiger partial charge in [-0.05, 0) is 36.3 Å². The minimum absolute atomic E-state index is 0.209. The Morgan fingerprint density at radius 1 is 1.33 bits per heavy atom. The normalized spacial score (nSPS) is 11.5. The zero-order valence-electron chi connectivity index (χ0n) is 9.96. The maximum atomic E-state index is 11.3. The van der Waals surface area contributed by atoms with Crippen LogP contribution in [0, 0.1) is 0 Å². The molecule has 0 spiro atoms. The van der Waals surface area contributed by atoms with E-state index in [0.717, 1.165) is 5.57 Å². The van der Waals surface area contributed by atoms with E-state index < -0.39 is 5.97 Å². The van der Waals surface area contributed by atoms with Crippen LogP contribution in [0.4, 0.5) is 0 Å². The number of ether oxygens (including phenoxy) is 1. The topological polar surface area (TPSA) is 66.8 Å². The highest BCUT2D eigenvalue weighted by molar-refractivity contribution is 5.87. The Hall–Kier alpha value is -2.49. The molecule has 0 heterocycles. The molecule has 1 aromatic rings. The third-order valence-corrected chi connectivity index (χ3v) is 2.09. The molecule has 0 aliphatic heterocycles. The van der Waals surface area contributed by atoms with E-state index in [4.69, 9.17) is 9.84 Å². The van der Waals surface area contributed by atoms with Crippen LogP contribution in [0.15, 0.2) is 48.8 Å². The van der Waals surface area contributed by atoms with Crippen molar-refractivity contribution in [2.75, 3.05) is 0 Å². The quantitative estimate of drug-likeness (QED) is 0.282. The lowest BCUT2D eigenvalue weighted by molar-refractivity contribution is -0.132. The summed E-state index contributed by atoms with van der Waals surface area (Å²) in [5, 5.41) is 18.4. The van der Waals surface area contributed by atoms with Crippen molar-refractivity contribution in [1.82, 2.24) is 0 Å². The molecule has 0 atom stereocenters. The first-order valence-corrected chi connectivity index (χ1v) is 5.23. The molecule has 2 N–H and O–H groups in total. The zero-order chi connectivity index (χ0) is 13.5. The van der Waals surface area contributed by atoms with E-state index in [1.165, 1.54) is 30.5 Å². The number of hydrogen-bond acceptors (Lipinski definition) is 4. The van der Waals surface area contributed by atoms with Crippen molar-refractivity contribution >= 4 is 12.0 Å². The molecule has 0 saturated heterocycles. The lowest BCUT2D eigenvalue weighted by Crippen LogP contribution is -1.93. The number of carbonyl (C=O) groups excluding carboxylic acids is 1. The van der Waals surface area contributed by atoms with Gasteiger partial charge in [0.2, 0.25) is 0 Å². The van der Waals surface area contributed by atoms with Crippen molar-refractivity contribution < 1.29 is 19.7 Å². The number of rotatable bonds is 4. The summed E-state index contributed by atoms with van der Waals surface area (Å²) in [6, 6.07) is 4.23. The van der Waals surface area contributed by atoms with E-state index in [1.807, 2.05) is 0 Å². The smallest absolute Gasteiger partial charge is 0.335 e. The van der Waals surface area contributed by atoms with Gasteiger partial charge in [-0.2, -0.15) is 0 Å². The van der Waals surface area contributed by atoms with E-state index in [1.54, 1.807) is 19.1 Å². The SMILES string of the molecule is C=CC(C)=COC(=O)/C=C/c1ccc(O)c(O)c1. The number of aromatic hydroxyl groups is 2. The Balaban J connectivity index is 2.66. The highest BCUT2D eigenvalue weighted by atomic mass is 16.5. The van der Waals surface area contributed by atoms with Crippen molar-refractivity contribution in [3.8, 4) is 11.5 Å². The van der Waals surface area contributed by atoms with Gasteiger partial charge >= 0.3 is 5.97 Å². The van der Waals surface area contributed by atoms with Crippen LogP contribution in [0.1, 0.15) is 12.5 Å². The molecule has 4 heteroatoms. The molecule has 0 aliphatic rings. The summed E-state index contributed by atoms with van der Waals surface area (Å²) in [7, 11) is 0. The van der Waals surface area contributed by atoms with Gasteiger partial charge in [0, 0.05) is 6.08 Å². The van der Waals surface area contributed by atoms with Crippen molar-refractivity contribution in [2.24, 2.45) is 0 Å². The fourth-order valence-corrected chi connectivity index (χ4v) is 1.05. The molecule has 0 amide bonds. The number of esters is 1.